The van der Waals surface area contributed by atoms with Crippen molar-refractivity contribution in [1.29, 1.82) is 5.26 Å². The summed E-state index contributed by atoms with van der Waals surface area (Å²) in [5.74, 6) is 0.0359. The molecule has 4 nitrogen and oxygen atoms in total. The Morgan fingerprint density at radius 2 is 2.16 bits per heavy atom. The van der Waals surface area contributed by atoms with Crippen LogP contribution in [0.5, 0.6) is 0 Å². The fraction of sp³-hybridized carbons (Fsp3) is 0.467. The molecule has 100 valence electrons. The first-order chi connectivity index (χ1) is 9.11. The summed E-state index contributed by atoms with van der Waals surface area (Å²) in [7, 11) is 0. The molecule has 19 heavy (non-hydrogen) atoms. The second-order valence-electron chi connectivity index (χ2n) is 5.21. The van der Waals surface area contributed by atoms with Crippen molar-refractivity contribution in [2.45, 2.75) is 39.0 Å². The highest BCUT2D eigenvalue weighted by molar-refractivity contribution is 5.96. The summed E-state index contributed by atoms with van der Waals surface area (Å²) in [6.45, 7) is 2.05. The summed E-state index contributed by atoms with van der Waals surface area (Å²) in [6, 6.07) is 7.05. The monoisotopic (exact) mass is 257 g/mol. The topological polar surface area (TPSA) is 78.9 Å². The molecule has 1 aromatic carbocycles. The number of nitriles is 1. The van der Waals surface area contributed by atoms with Gasteiger partial charge < -0.3 is 11.1 Å². The minimum Gasteiger partial charge on any atom is -0.399 e. The Morgan fingerprint density at radius 3 is 2.74 bits per heavy atom. The van der Waals surface area contributed by atoms with Crippen LogP contribution < -0.4 is 11.1 Å². The van der Waals surface area contributed by atoms with E-state index in [1.807, 2.05) is 0 Å². The third-order valence-corrected chi connectivity index (χ3v) is 4.13. The van der Waals surface area contributed by atoms with E-state index in [2.05, 4.69) is 18.3 Å². The first kappa shape index (κ1) is 13.4. The van der Waals surface area contributed by atoms with Gasteiger partial charge in [0.25, 0.3) is 0 Å². The lowest BCUT2D eigenvalue weighted by atomic mass is 9.82. The molecular weight excluding hydrogens is 238 g/mol. The van der Waals surface area contributed by atoms with Crippen LogP contribution in [0.1, 0.15) is 44.6 Å². The summed E-state index contributed by atoms with van der Waals surface area (Å²) in [6.07, 6.45) is 4.93. The summed E-state index contributed by atoms with van der Waals surface area (Å²) in [5.41, 5.74) is 6.89. The van der Waals surface area contributed by atoms with Gasteiger partial charge in [-0.25, -0.2) is 0 Å². The van der Waals surface area contributed by atoms with E-state index < -0.39 is 0 Å². The standard InChI is InChI=1S/C15H19N3O/c1-2-15(7-3-4-8-15)14(19)18-13-6-5-12(17)9-11(13)10-16/h5-6,9H,2-4,7-8,17H2,1H3,(H,18,19). The second kappa shape index (κ2) is 5.31. The molecule has 0 aliphatic heterocycles. The minimum atomic E-state index is -0.256. The first-order valence-electron chi connectivity index (χ1n) is 6.72. The number of nitrogens with zero attached hydrogens (tertiary/aromatic N) is 1. The smallest absolute Gasteiger partial charge is 0.230 e. The summed E-state index contributed by atoms with van der Waals surface area (Å²) < 4.78 is 0. The van der Waals surface area contributed by atoms with E-state index in [4.69, 9.17) is 11.0 Å². The van der Waals surface area contributed by atoms with Crippen LogP contribution in [0.2, 0.25) is 0 Å². The van der Waals surface area contributed by atoms with Crippen LogP contribution in [0.25, 0.3) is 0 Å². The highest BCUT2D eigenvalue weighted by Crippen LogP contribution is 2.42. The summed E-state index contributed by atoms with van der Waals surface area (Å²) >= 11 is 0. The first-order valence-corrected chi connectivity index (χ1v) is 6.72. The van der Waals surface area contributed by atoms with Crippen LogP contribution >= 0.6 is 0 Å². The number of hydrogen-bond donors (Lipinski definition) is 2. The Labute approximate surface area is 113 Å². The van der Waals surface area contributed by atoms with Gasteiger partial charge in [0.05, 0.1) is 11.3 Å². The number of nitrogens with one attached hydrogen (secondary N) is 1. The molecular formula is C15H19N3O. The molecule has 0 spiro atoms. The number of hydrogen-bond acceptors (Lipinski definition) is 3. The molecule has 1 aliphatic carbocycles. The molecule has 1 fully saturated rings. The Bertz CT molecular complexity index is 525. The van der Waals surface area contributed by atoms with E-state index in [0.29, 0.717) is 16.9 Å². The van der Waals surface area contributed by atoms with E-state index >= 15 is 0 Å². The number of anilines is 2. The predicted molar refractivity (Wildman–Crippen MR) is 75.4 cm³/mol. The van der Waals surface area contributed by atoms with Gasteiger partial charge in [-0.15, -0.1) is 0 Å². The molecule has 1 aromatic rings. The van der Waals surface area contributed by atoms with E-state index in [9.17, 15) is 4.79 Å². The van der Waals surface area contributed by atoms with Gasteiger partial charge in [0.2, 0.25) is 5.91 Å². The van der Waals surface area contributed by atoms with Gasteiger partial charge >= 0.3 is 0 Å². The molecule has 0 heterocycles. The number of nitrogen functional groups attached to an aromatic ring is 1. The van der Waals surface area contributed by atoms with Crippen molar-refractivity contribution < 1.29 is 4.79 Å². The second-order valence-corrected chi connectivity index (χ2v) is 5.21. The van der Waals surface area contributed by atoms with Gasteiger partial charge in [-0.05, 0) is 37.5 Å². The highest BCUT2D eigenvalue weighted by atomic mass is 16.2. The molecule has 0 radical (unpaired) electrons. The zero-order valence-corrected chi connectivity index (χ0v) is 11.2. The molecule has 1 aliphatic rings. The lowest BCUT2D eigenvalue weighted by molar-refractivity contribution is -0.125. The zero-order valence-electron chi connectivity index (χ0n) is 11.2. The van der Waals surface area contributed by atoms with Gasteiger partial charge in [-0.2, -0.15) is 5.26 Å². The molecule has 1 amide bonds. The fourth-order valence-electron chi connectivity index (χ4n) is 2.81. The summed E-state index contributed by atoms with van der Waals surface area (Å²) in [4.78, 5) is 12.5. The molecule has 0 saturated heterocycles. The van der Waals surface area contributed by atoms with Crippen molar-refractivity contribution in [3.05, 3.63) is 23.8 Å². The number of rotatable bonds is 3. The molecule has 1 saturated carbocycles. The van der Waals surface area contributed by atoms with E-state index in [1.165, 1.54) is 0 Å². The lowest BCUT2D eigenvalue weighted by Gasteiger charge is -2.26. The molecule has 2 rings (SSSR count). The molecule has 3 N–H and O–H groups in total. The maximum Gasteiger partial charge on any atom is 0.230 e. The van der Waals surface area contributed by atoms with E-state index in [0.717, 1.165) is 32.1 Å². The molecule has 0 bridgehead atoms. The van der Waals surface area contributed by atoms with Crippen molar-refractivity contribution in [1.82, 2.24) is 0 Å². The minimum absolute atomic E-state index is 0.0359. The van der Waals surface area contributed by atoms with Crippen LogP contribution in [-0.2, 0) is 4.79 Å². The lowest BCUT2D eigenvalue weighted by Crippen LogP contribution is -2.33. The predicted octanol–water partition coefficient (Wildman–Crippen LogP) is 3.05. The maximum absolute atomic E-state index is 12.5. The van der Waals surface area contributed by atoms with Crippen LogP contribution in [-0.4, -0.2) is 5.91 Å². The van der Waals surface area contributed by atoms with Crippen molar-refractivity contribution in [2.75, 3.05) is 11.1 Å². The third kappa shape index (κ3) is 2.55. The van der Waals surface area contributed by atoms with Crippen molar-refractivity contribution >= 4 is 17.3 Å². The SMILES string of the molecule is CCC1(C(=O)Nc2ccc(N)cc2C#N)CCCC1. The van der Waals surface area contributed by atoms with E-state index in [-0.39, 0.29) is 11.3 Å². The largest absolute Gasteiger partial charge is 0.399 e. The van der Waals surface area contributed by atoms with Crippen molar-refractivity contribution in [2.24, 2.45) is 5.41 Å². The highest BCUT2D eigenvalue weighted by Gasteiger charge is 2.39. The van der Waals surface area contributed by atoms with Gasteiger partial charge in [0.1, 0.15) is 6.07 Å². The summed E-state index contributed by atoms with van der Waals surface area (Å²) in [5, 5.41) is 12.0. The molecule has 0 atom stereocenters. The molecule has 0 aromatic heterocycles. The number of benzene rings is 1. The third-order valence-electron chi connectivity index (χ3n) is 4.13. The van der Waals surface area contributed by atoms with Crippen LogP contribution in [0.4, 0.5) is 11.4 Å². The fourth-order valence-corrected chi connectivity index (χ4v) is 2.81. The van der Waals surface area contributed by atoms with Gasteiger partial charge in [-0.3, -0.25) is 4.79 Å². The Kier molecular flexibility index (Phi) is 3.75. The van der Waals surface area contributed by atoms with Crippen molar-refractivity contribution in [3.8, 4) is 6.07 Å². The van der Waals surface area contributed by atoms with Gasteiger partial charge in [0, 0.05) is 11.1 Å². The van der Waals surface area contributed by atoms with Crippen LogP contribution in [0.15, 0.2) is 18.2 Å². The average Bonchev–Trinajstić information content (AvgIpc) is 2.90. The Morgan fingerprint density at radius 1 is 1.47 bits per heavy atom. The molecule has 0 unspecified atom stereocenters. The number of nitrogens with two attached hydrogens (primary N) is 1. The molecule has 4 heteroatoms. The van der Waals surface area contributed by atoms with Gasteiger partial charge in [-0.1, -0.05) is 19.8 Å². The zero-order chi connectivity index (χ0) is 13.9. The average molecular weight is 257 g/mol. The quantitative estimate of drug-likeness (QED) is 0.817. The van der Waals surface area contributed by atoms with E-state index in [1.54, 1.807) is 18.2 Å². The van der Waals surface area contributed by atoms with Crippen LogP contribution in [0, 0.1) is 16.7 Å². The number of amides is 1. The van der Waals surface area contributed by atoms with Crippen LogP contribution in [0.3, 0.4) is 0 Å². The van der Waals surface area contributed by atoms with Gasteiger partial charge in [0.15, 0.2) is 0 Å². The Hall–Kier alpha value is -2.02. The maximum atomic E-state index is 12.5. The normalized spacial score (nSPS) is 16.8. The number of carbonyl (C=O) groups is 1. The number of carbonyl (C=O) groups excluding carboxylic acids is 1. The van der Waals surface area contributed by atoms with Crippen molar-refractivity contribution in [3.63, 3.8) is 0 Å². The Balaban J connectivity index is 2.22.